The minimum Gasteiger partial charge on any atom is -0.479 e. The fraction of sp³-hybridized carbons (Fsp3) is 0.333. The molecule has 36 heavy (non-hydrogen) atoms. The van der Waals surface area contributed by atoms with Crippen molar-refractivity contribution in [3.05, 3.63) is 57.6 Å². The van der Waals surface area contributed by atoms with Crippen LogP contribution in [-0.4, -0.2) is 44.9 Å². The van der Waals surface area contributed by atoms with Gasteiger partial charge in [0.2, 0.25) is 5.60 Å². The standard InChI is InChI=1S/C24H23Cl2F3N4O3/c1-12(2)15-10-14(6-8-17(15)25)19-31-20(33-22(35)32-19)16-9-13(5-7-18(16)26)11-30-21(34)23(3,36-4)24(27,28)29/h5-10,12H,11H2,1-4H3,(H,30,34)(H,31,32,33,35)/t23-/m1/s1. The maximum atomic E-state index is 13.3. The molecular formula is C24H23Cl2F3N4O3. The second kappa shape index (κ2) is 10.6. The van der Waals surface area contributed by atoms with Crippen molar-refractivity contribution < 1.29 is 27.8 Å². The van der Waals surface area contributed by atoms with Crippen LogP contribution in [0.1, 0.15) is 37.8 Å². The van der Waals surface area contributed by atoms with Gasteiger partial charge >= 0.3 is 12.2 Å². The lowest BCUT2D eigenvalue weighted by Crippen LogP contribution is -2.55. The molecule has 7 nitrogen and oxygen atoms in total. The predicted octanol–water partition coefficient (Wildman–Crippen LogP) is 5.93. The molecule has 0 radical (unpaired) electrons. The molecule has 1 amide bonds. The number of hydrogen-bond donors (Lipinski definition) is 2. The molecule has 0 aliphatic rings. The molecule has 192 valence electrons. The molecule has 0 spiro atoms. The van der Waals surface area contributed by atoms with Gasteiger partial charge in [-0.15, -0.1) is 0 Å². The number of methoxy groups -OCH3 is 1. The van der Waals surface area contributed by atoms with Crippen LogP contribution < -0.4 is 5.32 Å². The van der Waals surface area contributed by atoms with Crippen molar-refractivity contribution in [3.63, 3.8) is 0 Å². The van der Waals surface area contributed by atoms with Crippen molar-refractivity contribution in [1.29, 1.82) is 0 Å². The molecule has 2 aromatic carbocycles. The largest absolute Gasteiger partial charge is 0.479 e. The summed E-state index contributed by atoms with van der Waals surface area (Å²) in [4.78, 5) is 24.6. The molecule has 2 N–H and O–H groups in total. The second-order valence-electron chi connectivity index (χ2n) is 8.41. The Bertz CT molecular complexity index is 1290. The van der Waals surface area contributed by atoms with Gasteiger partial charge in [0, 0.05) is 29.8 Å². The predicted molar refractivity (Wildman–Crippen MR) is 130 cm³/mol. The zero-order chi connectivity index (χ0) is 26.8. The van der Waals surface area contributed by atoms with Crippen LogP contribution >= 0.6 is 23.2 Å². The van der Waals surface area contributed by atoms with E-state index >= 15 is 0 Å². The third kappa shape index (κ3) is 5.71. The first kappa shape index (κ1) is 27.6. The molecular weight excluding hydrogens is 520 g/mol. The van der Waals surface area contributed by atoms with Gasteiger partial charge in [-0.2, -0.15) is 23.1 Å². The molecule has 0 saturated carbocycles. The van der Waals surface area contributed by atoms with Crippen molar-refractivity contribution in [1.82, 2.24) is 20.3 Å². The highest BCUT2D eigenvalue weighted by Gasteiger charge is 2.57. The number of hydrogen-bond acceptors (Lipinski definition) is 6. The number of rotatable bonds is 7. The number of halogens is 5. The summed E-state index contributed by atoms with van der Waals surface area (Å²) in [6.07, 6.45) is -4.91. The van der Waals surface area contributed by atoms with Gasteiger partial charge < -0.3 is 15.2 Å². The minimum absolute atomic E-state index is 0.0359. The van der Waals surface area contributed by atoms with Crippen LogP contribution in [0.2, 0.25) is 10.0 Å². The van der Waals surface area contributed by atoms with Crippen LogP contribution in [-0.2, 0) is 16.1 Å². The quantitative estimate of drug-likeness (QED) is 0.384. The Balaban J connectivity index is 1.94. The van der Waals surface area contributed by atoms with Gasteiger partial charge in [0.25, 0.3) is 5.91 Å². The summed E-state index contributed by atoms with van der Waals surface area (Å²) in [7, 11) is 0.809. The first-order valence-electron chi connectivity index (χ1n) is 10.7. The number of aromatic hydroxyl groups is 1. The van der Waals surface area contributed by atoms with E-state index in [4.69, 9.17) is 23.2 Å². The van der Waals surface area contributed by atoms with Crippen molar-refractivity contribution in [3.8, 4) is 28.8 Å². The maximum absolute atomic E-state index is 13.3. The Morgan fingerprint density at radius 2 is 1.69 bits per heavy atom. The van der Waals surface area contributed by atoms with E-state index in [1.807, 2.05) is 19.9 Å². The van der Waals surface area contributed by atoms with E-state index in [1.54, 1.807) is 12.1 Å². The average Bonchev–Trinajstić information content (AvgIpc) is 2.81. The Morgan fingerprint density at radius 3 is 2.31 bits per heavy atom. The maximum Gasteiger partial charge on any atom is 0.426 e. The molecule has 0 aliphatic heterocycles. The van der Waals surface area contributed by atoms with E-state index < -0.39 is 23.7 Å². The number of aromatic nitrogens is 3. The summed E-state index contributed by atoms with van der Waals surface area (Å²) < 4.78 is 44.3. The lowest BCUT2D eigenvalue weighted by molar-refractivity contribution is -0.253. The van der Waals surface area contributed by atoms with Gasteiger partial charge in [0.15, 0.2) is 11.6 Å². The summed E-state index contributed by atoms with van der Waals surface area (Å²) in [5.74, 6) is -1.01. The molecule has 0 unspecified atom stereocenters. The Morgan fingerprint density at radius 1 is 1.06 bits per heavy atom. The van der Waals surface area contributed by atoms with Crippen LogP contribution in [0, 0.1) is 0 Å². The number of ether oxygens (including phenoxy) is 1. The summed E-state index contributed by atoms with van der Waals surface area (Å²) >= 11 is 12.6. The molecule has 1 heterocycles. The van der Waals surface area contributed by atoms with Gasteiger partial charge in [0.1, 0.15) is 0 Å². The fourth-order valence-corrected chi connectivity index (χ4v) is 3.82. The molecule has 3 rings (SSSR count). The highest BCUT2D eigenvalue weighted by atomic mass is 35.5. The topological polar surface area (TPSA) is 97.2 Å². The molecule has 0 fully saturated rings. The smallest absolute Gasteiger partial charge is 0.426 e. The van der Waals surface area contributed by atoms with Gasteiger partial charge in [0.05, 0.1) is 5.02 Å². The highest BCUT2D eigenvalue weighted by Crippen LogP contribution is 2.34. The Hall–Kier alpha value is -2.95. The summed E-state index contributed by atoms with van der Waals surface area (Å²) in [5, 5.41) is 13.2. The molecule has 1 atom stereocenters. The number of carbonyl (C=O) groups excluding carboxylic acids is 1. The van der Waals surface area contributed by atoms with Crippen molar-refractivity contribution >= 4 is 29.1 Å². The zero-order valence-corrected chi connectivity index (χ0v) is 21.3. The molecule has 1 aromatic heterocycles. The number of nitrogens with one attached hydrogen (secondary N) is 1. The Labute approximate surface area is 215 Å². The summed E-state index contributed by atoms with van der Waals surface area (Å²) in [6.45, 7) is 4.35. The fourth-order valence-electron chi connectivity index (χ4n) is 3.28. The highest BCUT2D eigenvalue weighted by molar-refractivity contribution is 6.33. The van der Waals surface area contributed by atoms with Gasteiger partial charge in [-0.1, -0.05) is 43.1 Å². The second-order valence-corrected chi connectivity index (χ2v) is 9.22. The summed E-state index contributed by atoms with van der Waals surface area (Å²) in [6, 6.07) is 9.18. The average molecular weight is 543 g/mol. The first-order chi connectivity index (χ1) is 16.8. The third-order valence-electron chi connectivity index (χ3n) is 5.61. The Kier molecular flexibility index (Phi) is 8.12. The van der Waals surface area contributed by atoms with Crippen LogP contribution in [0.3, 0.4) is 0 Å². The molecule has 0 bridgehead atoms. The summed E-state index contributed by atoms with van der Waals surface area (Å²) in [5.41, 5.74) is -0.852. The van der Waals surface area contributed by atoms with Gasteiger partial charge in [-0.25, -0.2) is 4.98 Å². The van der Waals surface area contributed by atoms with Gasteiger partial charge in [-0.05, 0) is 54.3 Å². The number of nitrogens with zero attached hydrogens (tertiary/aromatic N) is 3. The van der Waals surface area contributed by atoms with Crippen LogP contribution in [0.15, 0.2) is 36.4 Å². The van der Waals surface area contributed by atoms with Crippen LogP contribution in [0.5, 0.6) is 6.01 Å². The monoisotopic (exact) mass is 542 g/mol. The zero-order valence-electron chi connectivity index (χ0n) is 19.7. The molecule has 0 saturated heterocycles. The SMILES string of the molecule is CO[C@](C)(C(=O)NCc1ccc(Cl)c(-c2nc(O)nc(-c3ccc(Cl)c(C(C)C)c3)n2)c1)C(F)(F)F. The van der Waals surface area contributed by atoms with E-state index in [1.165, 1.54) is 18.2 Å². The molecule has 3 aromatic rings. The molecule has 0 aliphatic carbocycles. The number of benzene rings is 2. The number of carbonyl (C=O) groups is 1. The lowest BCUT2D eigenvalue weighted by Gasteiger charge is -2.29. The first-order valence-corrected chi connectivity index (χ1v) is 11.5. The lowest BCUT2D eigenvalue weighted by atomic mass is 10.0. The van der Waals surface area contributed by atoms with Crippen molar-refractivity contribution in [2.75, 3.05) is 7.11 Å². The van der Waals surface area contributed by atoms with Gasteiger partial charge in [-0.3, -0.25) is 4.79 Å². The van der Waals surface area contributed by atoms with Crippen LogP contribution in [0.25, 0.3) is 22.8 Å². The number of amides is 1. The van der Waals surface area contributed by atoms with E-state index in [0.29, 0.717) is 23.1 Å². The van der Waals surface area contributed by atoms with E-state index in [2.05, 4.69) is 25.0 Å². The van der Waals surface area contributed by atoms with Crippen molar-refractivity contribution in [2.24, 2.45) is 0 Å². The van der Waals surface area contributed by atoms with Crippen LogP contribution in [0.4, 0.5) is 13.2 Å². The van der Waals surface area contributed by atoms with Crippen molar-refractivity contribution in [2.45, 2.75) is 45.0 Å². The van der Waals surface area contributed by atoms with E-state index in [9.17, 15) is 23.1 Å². The minimum atomic E-state index is -4.91. The van der Waals surface area contributed by atoms with E-state index in [-0.39, 0.29) is 34.7 Å². The van der Waals surface area contributed by atoms with E-state index in [0.717, 1.165) is 12.7 Å². The third-order valence-corrected chi connectivity index (χ3v) is 6.28. The number of alkyl halides is 3. The normalized spacial score (nSPS) is 13.5. The molecule has 12 heteroatoms.